The summed E-state index contributed by atoms with van der Waals surface area (Å²) < 4.78 is 6.96. The number of hydrogen-bond donors (Lipinski definition) is 2. The number of carbonyl (C=O) groups is 2. The van der Waals surface area contributed by atoms with E-state index in [1.165, 1.54) is 16.4 Å². The second-order valence-electron chi connectivity index (χ2n) is 5.35. The summed E-state index contributed by atoms with van der Waals surface area (Å²) in [6.45, 7) is 0.358. The smallest absolute Gasteiger partial charge is 0.325 e. The van der Waals surface area contributed by atoms with Crippen LogP contribution in [0.1, 0.15) is 23.7 Å². The molecule has 0 saturated carbocycles. The minimum Gasteiger partial charge on any atom is -0.480 e. The number of anilines is 1. The molecule has 7 heteroatoms. The molecule has 2 N–H and O–H groups in total. The molecule has 0 bridgehead atoms. The van der Waals surface area contributed by atoms with Gasteiger partial charge in [0.05, 0.1) is 19.1 Å². The van der Waals surface area contributed by atoms with E-state index in [4.69, 9.17) is 9.84 Å². The van der Waals surface area contributed by atoms with E-state index in [1.54, 1.807) is 6.07 Å². The molecular formula is C16H17N3O4. The van der Waals surface area contributed by atoms with Crippen molar-refractivity contribution in [2.45, 2.75) is 25.5 Å². The number of carbonyl (C=O) groups excluding carboxylic acids is 1. The summed E-state index contributed by atoms with van der Waals surface area (Å²) >= 11 is 0. The van der Waals surface area contributed by atoms with Crippen molar-refractivity contribution in [2.24, 2.45) is 0 Å². The summed E-state index contributed by atoms with van der Waals surface area (Å²) in [4.78, 5) is 22.8. The summed E-state index contributed by atoms with van der Waals surface area (Å²) in [5.74, 6) is -0.870. The highest BCUT2D eigenvalue weighted by atomic mass is 16.5. The van der Waals surface area contributed by atoms with Gasteiger partial charge in [0.25, 0.3) is 0 Å². The highest BCUT2D eigenvalue weighted by Gasteiger charge is 2.23. The van der Waals surface area contributed by atoms with Gasteiger partial charge in [-0.3, -0.25) is 14.3 Å². The molecule has 0 fully saturated rings. The molecule has 120 valence electrons. The molecule has 7 nitrogen and oxygen atoms in total. The monoisotopic (exact) mass is 315 g/mol. The topological polar surface area (TPSA) is 93.5 Å². The minimum absolute atomic E-state index is 0.197. The maximum atomic E-state index is 12.2. The van der Waals surface area contributed by atoms with Crippen molar-refractivity contribution in [1.29, 1.82) is 0 Å². The second-order valence-corrected chi connectivity index (χ2v) is 5.35. The average molecular weight is 315 g/mol. The van der Waals surface area contributed by atoms with Gasteiger partial charge in [0, 0.05) is 12.3 Å². The largest absolute Gasteiger partial charge is 0.480 e. The molecule has 0 saturated heterocycles. The fourth-order valence-electron chi connectivity index (χ4n) is 2.66. The molecule has 1 aliphatic rings. The zero-order valence-corrected chi connectivity index (χ0v) is 12.4. The maximum Gasteiger partial charge on any atom is 0.325 e. The molecule has 0 radical (unpaired) electrons. The van der Waals surface area contributed by atoms with Crippen molar-refractivity contribution in [3.8, 4) is 0 Å². The number of carboxylic acids is 1. The van der Waals surface area contributed by atoms with Crippen molar-refractivity contribution in [2.75, 3.05) is 11.9 Å². The van der Waals surface area contributed by atoms with Crippen LogP contribution in [0.3, 0.4) is 0 Å². The van der Waals surface area contributed by atoms with Crippen molar-refractivity contribution >= 4 is 17.7 Å². The van der Waals surface area contributed by atoms with Crippen LogP contribution in [0, 0.1) is 0 Å². The summed E-state index contributed by atoms with van der Waals surface area (Å²) in [7, 11) is 0. The Kier molecular flexibility index (Phi) is 4.38. The Morgan fingerprint density at radius 3 is 3.00 bits per heavy atom. The highest BCUT2D eigenvalue weighted by Crippen LogP contribution is 2.29. The third kappa shape index (κ3) is 3.75. The van der Waals surface area contributed by atoms with Gasteiger partial charge in [0.1, 0.15) is 6.54 Å². The van der Waals surface area contributed by atoms with E-state index in [0.29, 0.717) is 12.4 Å². The normalized spacial score (nSPS) is 16.6. The van der Waals surface area contributed by atoms with Crippen LogP contribution in [0.5, 0.6) is 0 Å². The number of nitrogens with one attached hydrogen (secondary N) is 1. The minimum atomic E-state index is -0.988. The molecule has 0 aliphatic carbocycles. The molecule has 1 amide bonds. The number of amides is 1. The number of aliphatic carboxylic acids is 1. The summed E-state index contributed by atoms with van der Waals surface area (Å²) in [6, 6.07) is 9.52. The molecule has 1 aromatic heterocycles. The number of carboxylic acid groups (broad SMARTS) is 1. The van der Waals surface area contributed by atoms with E-state index in [9.17, 15) is 9.59 Å². The number of fused-ring (bicyclic) bond motifs is 1. The van der Waals surface area contributed by atoms with E-state index < -0.39 is 5.97 Å². The number of benzene rings is 1. The lowest BCUT2D eigenvalue weighted by molar-refractivity contribution is -0.137. The first kappa shape index (κ1) is 15.2. The molecular weight excluding hydrogens is 298 g/mol. The van der Waals surface area contributed by atoms with E-state index >= 15 is 0 Å². The average Bonchev–Trinajstić information content (AvgIpc) is 2.93. The molecule has 1 aliphatic heterocycles. The predicted molar refractivity (Wildman–Crippen MR) is 81.9 cm³/mol. The van der Waals surface area contributed by atoms with Crippen molar-refractivity contribution in [3.63, 3.8) is 0 Å². The van der Waals surface area contributed by atoms with Crippen LogP contribution in [0.25, 0.3) is 0 Å². The van der Waals surface area contributed by atoms with E-state index in [2.05, 4.69) is 16.5 Å². The summed E-state index contributed by atoms with van der Waals surface area (Å²) in [5, 5.41) is 15.4. The first-order chi connectivity index (χ1) is 11.1. The SMILES string of the molecule is O=C(O)Cn1ccc(NC(=O)CC2OCCc3ccccc32)n1. The lowest BCUT2D eigenvalue weighted by Gasteiger charge is -2.25. The first-order valence-electron chi connectivity index (χ1n) is 7.36. The highest BCUT2D eigenvalue weighted by molar-refractivity contribution is 5.90. The van der Waals surface area contributed by atoms with Crippen LogP contribution in [0.4, 0.5) is 5.82 Å². The van der Waals surface area contributed by atoms with Gasteiger partial charge < -0.3 is 15.2 Å². The molecule has 1 atom stereocenters. The zero-order chi connectivity index (χ0) is 16.2. The van der Waals surface area contributed by atoms with Crippen LogP contribution < -0.4 is 5.32 Å². The number of aromatic nitrogens is 2. The number of nitrogens with zero attached hydrogens (tertiary/aromatic N) is 2. The van der Waals surface area contributed by atoms with Gasteiger partial charge in [-0.15, -0.1) is 0 Å². The van der Waals surface area contributed by atoms with Gasteiger partial charge in [-0.1, -0.05) is 24.3 Å². The molecule has 1 aromatic carbocycles. The van der Waals surface area contributed by atoms with Gasteiger partial charge >= 0.3 is 5.97 Å². The van der Waals surface area contributed by atoms with Crippen LogP contribution in [-0.2, 0) is 27.3 Å². The van der Waals surface area contributed by atoms with Crippen LogP contribution in [-0.4, -0.2) is 33.4 Å². The van der Waals surface area contributed by atoms with Gasteiger partial charge in [0.2, 0.25) is 5.91 Å². The molecule has 0 spiro atoms. The third-order valence-electron chi connectivity index (χ3n) is 3.67. The Morgan fingerprint density at radius 1 is 1.35 bits per heavy atom. The van der Waals surface area contributed by atoms with E-state index in [0.717, 1.165) is 12.0 Å². The Morgan fingerprint density at radius 2 is 2.17 bits per heavy atom. The van der Waals surface area contributed by atoms with Crippen LogP contribution >= 0.6 is 0 Å². The number of ether oxygens (including phenoxy) is 1. The molecule has 23 heavy (non-hydrogen) atoms. The van der Waals surface area contributed by atoms with Crippen molar-refractivity contribution < 1.29 is 19.4 Å². The van der Waals surface area contributed by atoms with Gasteiger partial charge in [0.15, 0.2) is 5.82 Å². The van der Waals surface area contributed by atoms with Crippen LogP contribution in [0.2, 0.25) is 0 Å². The fraction of sp³-hybridized carbons (Fsp3) is 0.312. The second kappa shape index (κ2) is 6.62. The Labute approximate surface area is 132 Å². The summed E-state index contributed by atoms with van der Waals surface area (Å²) in [6.07, 6.45) is 2.30. The van der Waals surface area contributed by atoms with Crippen molar-refractivity contribution in [1.82, 2.24) is 9.78 Å². The quantitative estimate of drug-likeness (QED) is 0.874. The molecule has 1 unspecified atom stereocenters. The Bertz CT molecular complexity index is 726. The third-order valence-corrected chi connectivity index (χ3v) is 3.67. The Hall–Kier alpha value is -2.67. The van der Waals surface area contributed by atoms with E-state index in [1.807, 2.05) is 18.2 Å². The first-order valence-corrected chi connectivity index (χ1v) is 7.36. The van der Waals surface area contributed by atoms with Gasteiger partial charge in [-0.25, -0.2) is 0 Å². The Balaban J connectivity index is 1.62. The molecule has 2 aromatic rings. The standard InChI is InChI=1S/C16H17N3O4/c20-15(17-14-5-7-19(18-14)10-16(21)22)9-13-12-4-2-1-3-11(12)6-8-23-13/h1-5,7,13H,6,8-10H2,(H,21,22)(H,17,18,20). The zero-order valence-electron chi connectivity index (χ0n) is 12.4. The van der Waals surface area contributed by atoms with Crippen molar-refractivity contribution in [3.05, 3.63) is 47.7 Å². The summed E-state index contributed by atoms with van der Waals surface area (Å²) in [5.41, 5.74) is 2.26. The maximum absolute atomic E-state index is 12.2. The lowest BCUT2D eigenvalue weighted by Crippen LogP contribution is -2.22. The number of hydrogen-bond acceptors (Lipinski definition) is 4. The molecule has 2 heterocycles. The number of rotatable bonds is 5. The fourth-order valence-corrected chi connectivity index (χ4v) is 2.66. The van der Waals surface area contributed by atoms with Gasteiger partial charge in [-0.05, 0) is 17.5 Å². The predicted octanol–water partition coefficient (Wildman–Crippen LogP) is 1.61. The van der Waals surface area contributed by atoms with Crippen LogP contribution in [0.15, 0.2) is 36.5 Å². The molecule has 3 rings (SSSR count). The lowest BCUT2D eigenvalue weighted by atomic mass is 9.96. The van der Waals surface area contributed by atoms with E-state index in [-0.39, 0.29) is 25.0 Å². The van der Waals surface area contributed by atoms with Gasteiger partial charge in [-0.2, -0.15) is 5.10 Å².